The molecule has 1 aliphatic rings. The lowest BCUT2D eigenvalue weighted by Gasteiger charge is -2.38. The minimum Gasteiger partial charge on any atom is -0.328 e. The van der Waals surface area contributed by atoms with Crippen LogP contribution in [0.4, 0.5) is 0 Å². The minimum absolute atomic E-state index is 0.444. The second kappa shape index (κ2) is 12.8. The van der Waals surface area contributed by atoms with Gasteiger partial charge in [0.05, 0.1) is 0 Å². The molecule has 5 atom stereocenters. The van der Waals surface area contributed by atoms with Crippen molar-refractivity contribution in [3.05, 3.63) is 25.3 Å². The fraction of sp³-hybridized carbons (Fsp3) is 0.840. The highest BCUT2D eigenvalue weighted by atomic mass is 14.6. The van der Waals surface area contributed by atoms with Crippen LogP contribution in [-0.2, 0) is 0 Å². The van der Waals surface area contributed by atoms with Crippen LogP contribution >= 0.6 is 0 Å². The molecule has 1 nitrogen and oxygen atoms in total. The number of rotatable bonds is 13. The average Bonchev–Trinajstić information content (AvgIpc) is 2.66. The number of hydrogen-bond donors (Lipinski definition) is 1. The van der Waals surface area contributed by atoms with Gasteiger partial charge in [0.25, 0.3) is 0 Å². The van der Waals surface area contributed by atoms with Gasteiger partial charge in [-0.2, -0.15) is 0 Å². The van der Waals surface area contributed by atoms with E-state index in [9.17, 15) is 0 Å². The van der Waals surface area contributed by atoms with Crippen molar-refractivity contribution in [3.8, 4) is 0 Å². The molecule has 152 valence electrons. The van der Waals surface area contributed by atoms with E-state index in [4.69, 9.17) is 5.73 Å². The lowest BCUT2D eigenvalue weighted by atomic mass is 9.67. The van der Waals surface area contributed by atoms with E-state index in [1.165, 1.54) is 64.2 Å². The van der Waals surface area contributed by atoms with Crippen LogP contribution in [0.5, 0.6) is 0 Å². The molecule has 2 N–H and O–H groups in total. The molecule has 0 spiro atoms. The van der Waals surface area contributed by atoms with Crippen LogP contribution in [0.15, 0.2) is 25.3 Å². The Labute approximate surface area is 164 Å². The molecule has 0 bridgehead atoms. The second-order valence-corrected chi connectivity index (χ2v) is 9.22. The van der Waals surface area contributed by atoms with Crippen molar-refractivity contribution >= 4 is 0 Å². The summed E-state index contributed by atoms with van der Waals surface area (Å²) in [4.78, 5) is 0. The molecular formula is C25H47N. The van der Waals surface area contributed by atoms with E-state index in [-0.39, 0.29) is 0 Å². The van der Waals surface area contributed by atoms with E-state index in [0.29, 0.717) is 17.9 Å². The molecule has 0 aromatic heterocycles. The molecular weight excluding hydrogens is 314 g/mol. The second-order valence-electron chi connectivity index (χ2n) is 9.22. The summed E-state index contributed by atoms with van der Waals surface area (Å²) < 4.78 is 0. The molecule has 0 heterocycles. The van der Waals surface area contributed by atoms with Gasteiger partial charge in [-0.25, -0.2) is 0 Å². The summed E-state index contributed by atoms with van der Waals surface area (Å²) in [6, 6.07) is 0.444. The van der Waals surface area contributed by atoms with Gasteiger partial charge in [-0.15, -0.1) is 13.2 Å². The molecule has 0 aromatic carbocycles. The van der Waals surface area contributed by atoms with Crippen LogP contribution in [0.25, 0.3) is 0 Å². The molecule has 5 unspecified atom stereocenters. The summed E-state index contributed by atoms with van der Waals surface area (Å²) in [7, 11) is 0. The average molecular weight is 362 g/mol. The van der Waals surface area contributed by atoms with E-state index >= 15 is 0 Å². The Hall–Kier alpha value is -0.560. The van der Waals surface area contributed by atoms with E-state index < -0.39 is 0 Å². The molecule has 0 saturated heterocycles. The summed E-state index contributed by atoms with van der Waals surface area (Å²) in [6.07, 6.45) is 17.5. The Balaban J connectivity index is 2.87. The van der Waals surface area contributed by atoms with Crippen molar-refractivity contribution in [2.75, 3.05) is 0 Å². The van der Waals surface area contributed by atoms with Gasteiger partial charge in [-0.3, -0.25) is 0 Å². The molecule has 0 radical (unpaired) electrons. The molecule has 1 aliphatic carbocycles. The first kappa shape index (κ1) is 23.5. The van der Waals surface area contributed by atoms with Gasteiger partial charge in [0.2, 0.25) is 0 Å². The molecule has 1 rings (SSSR count). The van der Waals surface area contributed by atoms with Crippen LogP contribution in [0.2, 0.25) is 0 Å². The van der Waals surface area contributed by atoms with Crippen LogP contribution in [0, 0.1) is 35.5 Å². The summed E-state index contributed by atoms with van der Waals surface area (Å²) in [6.45, 7) is 17.8. The van der Waals surface area contributed by atoms with Crippen molar-refractivity contribution in [2.45, 2.75) is 97.9 Å². The van der Waals surface area contributed by atoms with Gasteiger partial charge in [-0.05, 0) is 80.5 Å². The maximum absolute atomic E-state index is 6.18. The lowest BCUT2D eigenvalue weighted by Crippen LogP contribution is -2.33. The topological polar surface area (TPSA) is 26.0 Å². The number of nitrogens with two attached hydrogens (primary N) is 1. The maximum Gasteiger partial charge on any atom is 0.00390 e. The van der Waals surface area contributed by atoms with Gasteiger partial charge in [-0.1, -0.05) is 59.1 Å². The van der Waals surface area contributed by atoms with Crippen molar-refractivity contribution < 1.29 is 0 Å². The highest BCUT2D eigenvalue weighted by Crippen LogP contribution is 2.41. The zero-order chi connectivity index (χ0) is 19.5. The SMILES string of the molecule is C=CC(C)C(CC(C)CC)CC(C=C)C(CCCC)C1CCC(N)CC1. The molecule has 26 heavy (non-hydrogen) atoms. The Morgan fingerprint density at radius 1 is 1.00 bits per heavy atom. The quantitative estimate of drug-likeness (QED) is 0.340. The van der Waals surface area contributed by atoms with Crippen LogP contribution in [0.3, 0.4) is 0 Å². The number of unbranched alkanes of at least 4 members (excludes halogenated alkanes) is 1. The van der Waals surface area contributed by atoms with E-state index in [1.54, 1.807) is 0 Å². The molecule has 1 saturated carbocycles. The maximum atomic E-state index is 6.18. The van der Waals surface area contributed by atoms with E-state index in [0.717, 1.165) is 23.7 Å². The predicted molar refractivity (Wildman–Crippen MR) is 118 cm³/mol. The molecule has 1 fully saturated rings. The van der Waals surface area contributed by atoms with E-state index in [2.05, 4.69) is 53.0 Å². The zero-order valence-electron chi connectivity index (χ0n) is 18.3. The van der Waals surface area contributed by atoms with Crippen molar-refractivity contribution in [1.82, 2.24) is 0 Å². The van der Waals surface area contributed by atoms with Crippen LogP contribution in [-0.4, -0.2) is 6.04 Å². The largest absolute Gasteiger partial charge is 0.328 e. The monoisotopic (exact) mass is 361 g/mol. The van der Waals surface area contributed by atoms with Gasteiger partial charge in [0.1, 0.15) is 0 Å². The zero-order valence-corrected chi connectivity index (χ0v) is 18.3. The van der Waals surface area contributed by atoms with Crippen LogP contribution < -0.4 is 5.73 Å². The summed E-state index contributed by atoms with van der Waals surface area (Å²) in [5.74, 6) is 4.44. The summed E-state index contributed by atoms with van der Waals surface area (Å²) in [5, 5.41) is 0. The molecule has 0 aliphatic heterocycles. The summed E-state index contributed by atoms with van der Waals surface area (Å²) in [5.41, 5.74) is 6.18. The Kier molecular flexibility index (Phi) is 11.5. The first-order valence-corrected chi connectivity index (χ1v) is 11.5. The van der Waals surface area contributed by atoms with E-state index in [1.807, 2.05) is 0 Å². The van der Waals surface area contributed by atoms with Gasteiger partial charge >= 0.3 is 0 Å². The lowest BCUT2D eigenvalue weighted by molar-refractivity contribution is 0.148. The molecule has 0 aromatic rings. The number of hydrogen-bond acceptors (Lipinski definition) is 1. The Morgan fingerprint density at radius 2 is 1.65 bits per heavy atom. The predicted octanol–water partition coefficient (Wildman–Crippen LogP) is 7.38. The third-order valence-corrected chi connectivity index (χ3v) is 7.26. The van der Waals surface area contributed by atoms with Crippen molar-refractivity contribution in [3.63, 3.8) is 0 Å². The highest BCUT2D eigenvalue weighted by molar-refractivity contribution is 4.94. The summed E-state index contributed by atoms with van der Waals surface area (Å²) >= 11 is 0. The van der Waals surface area contributed by atoms with Gasteiger partial charge in [0, 0.05) is 6.04 Å². The third kappa shape index (κ3) is 7.59. The van der Waals surface area contributed by atoms with Gasteiger partial charge in [0.15, 0.2) is 0 Å². The smallest absolute Gasteiger partial charge is 0.00390 e. The minimum atomic E-state index is 0.444. The van der Waals surface area contributed by atoms with Gasteiger partial charge < -0.3 is 5.73 Å². The fourth-order valence-electron chi connectivity index (χ4n) is 5.01. The standard InChI is InChI=1S/C25H47N/c1-7-11-12-25(22-13-15-24(26)16-14-22)21(10-4)18-23(20(6)9-3)17-19(5)8-2/h9-10,19-25H,3-4,7-8,11-18,26H2,1-2,5-6H3. The van der Waals surface area contributed by atoms with Crippen molar-refractivity contribution in [1.29, 1.82) is 0 Å². The molecule has 1 heteroatoms. The van der Waals surface area contributed by atoms with Crippen molar-refractivity contribution in [2.24, 2.45) is 41.2 Å². The molecule has 0 amide bonds. The Bertz CT molecular complexity index is 380. The normalized spacial score (nSPS) is 26.5. The number of allylic oxidation sites excluding steroid dienone is 2. The third-order valence-electron chi connectivity index (χ3n) is 7.26. The Morgan fingerprint density at radius 3 is 2.15 bits per heavy atom. The fourth-order valence-corrected chi connectivity index (χ4v) is 5.01. The first-order chi connectivity index (χ1) is 12.5. The highest BCUT2D eigenvalue weighted by Gasteiger charge is 2.32. The van der Waals surface area contributed by atoms with Crippen LogP contribution in [0.1, 0.15) is 91.9 Å². The first-order valence-electron chi connectivity index (χ1n) is 11.5.